The van der Waals surface area contributed by atoms with Gasteiger partial charge in [0.05, 0.1) is 25.0 Å². The Morgan fingerprint density at radius 3 is 2.33 bits per heavy atom. The molecule has 3 amide bonds. The fraction of sp³-hybridized carbons (Fsp3) is 0.739. The zero-order valence-electron chi connectivity index (χ0n) is 19.8. The monoisotopic (exact) mass is 467 g/mol. The van der Waals surface area contributed by atoms with Gasteiger partial charge in [-0.3, -0.25) is 14.4 Å². The van der Waals surface area contributed by atoms with Gasteiger partial charge in [0.1, 0.15) is 5.60 Å². The highest BCUT2D eigenvalue weighted by molar-refractivity contribution is 5.88. The van der Waals surface area contributed by atoms with Gasteiger partial charge in [0.25, 0.3) is 0 Å². The topological polar surface area (TPSA) is 136 Å². The maximum Gasteiger partial charge on any atom is 0.410 e. The van der Waals surface area contributed by atoms with Crippen LogP contribution in [0.4, 0.5) is 4.79 Å². The van der Waals surface area contributed by atoms with E-state index in [1.54, 1.807) is 15.9 Å². The van der Waals surface area contributed by atoms with Gasteiger partial charge in [-0.05, 0) is 58.4 Å². The Morgan fingerprint density at radius 2 is 1.76 bits per heavy atom. The van der Waals surface area contributed by atoms with E-state index >= 15 is 0 Å². The van der Waals surface area contributed by atoms with Crippen LogP contribution < -0.4 is 5.32 Å². The number of aliphatic carboxylic acids is 1. The number of carbonyl (C=O) groups is 4. The molecule has 33 heavy (non-hydrogen) atoms. The highest BCUT2D eigenvalue weighted by Crippen LogP contribution is 2.22. The lowest BCUT2D eigenvalue weighted by atomic mass is 9.95. The maximum atomic E-state index is 12.7. The van der Waals surface area contributed by atoms with Crippen molar-refractivity contribution in [2.75, 3.05) is 32.8 Å². The van der Waals surface area contributed by atoms with E-state index in [4.69, 9.17) is 9.84 Å². The highest BCUT2D eigenvalue weighted by atomic mass is 16.6. The molecule has 2 aliphatic heterocycles. The van der Waals surface area contributed by atoms with E-state index in [0.717, 1.165) is 12.8 Å². The summed E-state index contributed by atoms with van der Waals surface area (Å²) in [7, 11) is 0. The second-order valence-electron chi connectivity index (χ2n) is 9.77. The number of nitrogens with one attached hydrogen (secondary N) is 1. The van der Waals surface area contributed by atoms with Crippen molar-refractivity contribution in [1.82, 2.24) is 15.1 Å². The van der Waals surface area contributed by atoms with Gasteiger partial charge in [-0.2, -0.15) is 0 Å². The van der Waals surface area contributed by atoms with Gasteiger partial charge in [-0.25, -0.2) is 4.79 Å². The van der Waals surface area contributed by atoms with Crippen LogP contribution in [0.5, 0.6) is 0 Å². The summed E-state index contributed by atoms with van der Waals surface area (Å²) in [4.78, 5) is 51.5. The molecule has 2 atom stereocenters. The number of allylic oxidation sites excluding steroid dienone is 1. The quantitative estimate of drug-likeness (QED) is 0.481. The molecule has 0 radical (unpaired) electrons. The first-order chi connectivity index (χ1) is 15.5. The van der Waals surface area contributed by atoms with Crippen molar-refractivity contribution >= 4 is 23.9 Å². The molecule has 2 fully saturated rings. The van der Waals surface area contributed by atoms with Crippen LogP contribution in [0.25, 0.3) is 0 Å². The first kappa shape index (κ1) is 26.6. The lowest BCUT2D eigenvalue weighted by Gasteiger charge is -2.33. The number of amides is 3. The summed E-state index contributed by atoms with van der Waals surface area (Å²) in [5.41, 5.74) is -0.529. The van der Waals surface area contributed by atoms with Crippen molar-refractivity contribution in [3.63, 3.8) is 0 Å². The van der Waals surface area contributed by atoms with E-state index in [0.29, 0.717) is 32.5 Å². The SMILES string of the molecule is CC(C)(C)OC(=O)N1CCC(/C=C/C(=O)N2CCC[C@@H](C(=O)NC(CO)CC(=O)O)C2)CC1. The first-order valence-corrected chi connectivity index (χ1v) is 11.6. The van der Waals surface area contributed by atoms with Crippen LogP contribution >= 0.6 is 0 Å². The second-order valence-corrected chi connectivity index (χ2v) is 9.77. The number of likely N-dealkylation sites (tertiary alicyclic amines) is 2. The molecule has 2 saturated heterocycles. The van der Waals surface area contributed by atoms with Crippen LogP contribution in [0.3, 0.4) is 0 Å². The molecular weight excluding hydrogens is 430 g/mol. The zero-order chi connectivity index (χ0) is 24.6. The fourth-order valence-corrected chi connectivity index (χ4v) is 4.01. The van der Waals surface area contributed by atoms with E-state index in [1.165, 1.54) is 0 Å². The van der Waals surface area contributed by atoms with Crippen LogP contribution in [-0.4, -0.2) is 88.3 Å². The normalized spacial score (nSPS) is 21.0. The van der Waals surface area contributed by atoms with Crippen LogP contribution in [0.15, 0.2) is 12.2 Å². The Hall–Kier alpha value is -2.62. The Morgan fingerprint density at radius 1 is 1.09 bits per heavy atom. The maximum absolute atomic E-state index is 12.7. The van der Waals surface area contributed by atoms with Gasteiger partial charge in [0.2, 0.25) is 11.8 Å². The van der Waals surface area contributed by atoms with Gasteiger partial charge < -0.3 is 30.1 Å². The number of piperidine rings is 2. The number of aliphatic hydroxyl groups is 1. The summed E-state index contributed by atoms with van der Waals surface area (Å²) >= 11 is 0. The van der Waals surface area contributed by atoms with Crippen LogP contribution in [0, 0.1) is 11.8 Å². The van der Waals surface area contributed by atoms with Crippen molar-refractivity contribution in [2.45, 2.75) is 64.5 Å². The number of carboxylic acid groups (broad SMARTS) is 1. The molecule has 0 aromatic heterocycles. The minimum atomic E-state index is -1.10. The van der Waals surface area contributed by atoms with Gasteiger partial charge in [0.15, 0.2) is 0 Å². The van der Waals surface area contributed by atoms with Crippen LogP contribution in [-0.2, 0) is 19.1 Å². The summed E-state index contributed by atoms with van der Waals surface area (Å²) < 4.78 is 5.40. The van der Waals surface area contributed by atoms with E-state index in [-0.39, 0.29) is 36.8 Å². The number of aliphatic hydroxyl groups excluding tert-OH is 1. The summed E-state index contributed by atoms with van der Waals surface area (Å²) in [6.07, 6.45) is 5.54. The van der Waals surface area contributed by atoms with Crippen LogP contribution in [0.2, 0.25) is 0 Å². The average Bonchev–Trinajstić information content (AvgIpc) is 2.75. The number of rotatable bonds is 7. The lowest BCUT2D eigenvalue weighted by molar-refractivity contribution is -0.138. The minimum Gasteiger partial charge on any atom is -0.481 e. The Balaban J connectivity index is 1.81. The largest absolute Gasteiger partial charge is 0.481 e. The molecule has 10 heteroatoms. The highest BCUT2D eigenvalue weighted by Gasteiger charge is 2.30. The summed E-state index contributed by atoms with van der Waals surface area (Å²) in [6.45, 7) is 7.02. The average molecular weight is 468 g/mol. The van der Waals surface area contributed by atoms with E-state index in [9.17, 15) is 24.3 Å². The number of hydrogen-bond donors (Lipinski definition) is 3. The zero-order valence-corrected chi connectivity index (χ0v) is 19.8. The Kier molecular flexibility index (Phi) is 9.70. The van der Waals surface area contributed by atoms with E-state index in [1.807, 2.05) is 26.8 Å². The Labute approximate surface area is 194 Å². The van der Waals surface area contributed by atoms with Crippen molar-refractivity contribution in [3.8, 4) is 0 Å². The molecule has 2 rings (SSSR count). The first-order valence-electron chi connectivity index (χ1n) is 11.6. The summed E-state index contributed by atoms with van der Waals surface area (Å²) in [6, 6.07) is -0.840. The number of hydrogen-bond acceptors (Lipinski definition) is 6. The van der Waals surface area contributed by atoms with Crippen molar-refractivity contribution in [2.24, 2.45) is 11.8 Å². The van der Waals surface area contributed by atoms with Gasteiger partial charge in [0, 0.05) is 26.2 Å². The molecule has 2 aliphatic rings. The van der Waals surface area contributed by atoms with Gasteiger partial charge in [-0.1, -0.05) is 6.08 Å². The standard InChI is InChI=1S/C23H37N3O7/c1-23(2,3)33-22(32)25-11-8-16(9-12-25)6-7-19(28)26-10-4-5-17(14-26)21(31)24-18(15-27)13-20(29)30/h6-7,16-18,27H,4-5,8-15H2,1-3H3,(H,24,31)(H,29,30)/b7-6+/t17-,18?/m1/s1. The molecule has 0 bridgehead atoms. The molecule has 1 unspecified atom stereocenters. The molecule has 186 valence electrons. The molecule has 2 heterocycles. The smallest absolute Gasteiger partial charge is 0.410 e. The summed E-state index contributed by atoms with van der Waals surface area (Å²) in [5.74, 6) is -1.84. The van der Waals surface area contributed by atoms with Gasteiger partial charge in [-0.15, -0.1) is 0 Å². The van der Waals surface area contributed by atoms with Crippen LogP contribution in [0.1, 0.15) is 52.9 Å². The molecule has 3 N–H and O–H groups in total. The summed E-state index contributed by atoms with van der Waals surface area (Å²) in [5, 5.41) is 20.7. The number of carbonyl (C=O) groups excluding carboxylic acids is 3. The number of carboxylic acids is 1. The molecule has 0 aromatic carbocycles. The van der Waals surface area contributed by atoms with Crippen molar-refractivity contribution in [3.05, 3.63) is 12.2 Å². The number of ether oxygens (including phenoxy) is 1. The third-order valence-corrected chi connectivity index (χ3v) is 5.79. The van der Waals surface area contributed by atoms with Crippen molar-refractivity contribution in [1.29, 1.82) is 0 Å². The van der Waals surface area contributed by atoms with E-state index in [2.05, 4.69) is 5.32 Å². The molecule has 0 aromatic rings. The fourth-order valence-electron chi connectivity index (χ4n) is 4.01. The third kappa shape index (κ3) is 9.03. The Bertz CT molecular complexity index is 739. The van der Waals surface area contributed by atoms with Crippen molar-refractivity contribution < 1.29 is 34.1 Å². The molecule has 0 saturated carbocycles. The predicted octanol–water partition coefficient (Wildman–Crippen LogP) is 1.38. The predicted molar refractivity (Wildman–Crippen MR) is 120 cm³/mol. The molecule has 10 nitrogen and oxygen atoms in total. The molecule has 0 aliphatic carbocycles. The van der Waals surface area contributed by atoms with Gasteiger partial charge >= 0.3 is 12.1 Å². The minimum absolute atomic E-state index is 0.161. The lowest BCUT2D eigenvalue weighted by Crippen LogP contribution is -2.48. The third-order valence-electron chi connectivity index (χ3n) is 5.79. The number of nitrogens with zero attached hydrogens (tertiary/aromatic N) is 2. The molecular formula is C23H37N3O7. The van der Waals surface area contributed by atoms with E-state index < -0.39 is 30.1 Å². The second kappa shape index (κ2) is 12.0. The molecule has 0 spiro atoms.